The van der Waals surface area contributed by atoms with E-state index in [-0.39, 0.29) is 6.04 Å². The number of hydrogen-bond acceptors (Lipinski definition) is 5. The number of rotatable bonds is 4. The molecule has 2 heterocycles. The van der Waals surface area contributed by atoms with Crippen LogP contribution in [0.3, 0.4) is 0 Å². The van der Waals surface area contributed by atoms with Gasteiger partial charge < -0.3 is 10.6 Å². The number of nitrogens with zero attached hydrogens (tertiary/aromatic N) is 3. The highest BCUT2D eigenvalue weighted by molar-refractivity contribution is 7.88. The summed E-state index contributed by atoms with van der Waals surface area (Å²) in [6.45, 7) is 4.45. The third-order valence-electron chi connectivity index (χ3n) is 3.66. The van der Waals surface area contributed by atoms with E-state index in [1.54, 1.807) is 0 Å². The fourth-order valence-electron chi connectivity index (χ4n) is 2.29. The van der Waals surface area contributed by atoms with Gasteiger partial charge in [0.1, 0.15) is 0 Å². The number of anilines is 1. The number of sulfonamides is 1. The largest absolute Gasteiger partial charge is 0.368 e. The molecule has 1 aliphatic heterocycles. The Morgan fingerprint density at radius 1 is 1.30 bits per heavy atom. The van der Waals surface area contributed by atoms with Crippen LogP contribution < -0.4 is 10.6 Å². The molecule has 0 aliphatic carbocycles. The van der Waals surface area contributed by atoms with Crippen LogP contribution in [0, 0.1) is 0 Å². The molecule has 0 spiro atoms. The van der Waals surface area contributed by atoms with E-state index in [0.717, 1.165) is 17.8 Å². The van der Waals surface area contributed by atoms with Gasteiger partial charge in [-0.05, 0) is 18.6 Å². The molecule has 1 aromatic heterocycles. The molecule has 6 nitrogen and oxygen atoms in total. The Morgan fingerprint density at radius 2 is 1.95 bits per heavy atom. The Morgan fingerprint density at radius 3 is 2.40 bits per heavy atom. The molecule has 0 amide bonds. The van der Waals surface area contributed by atoms with E-state index in [1.807, 2.05) is 25.3 Å². The van der Waals surface area contributed by atoms with Gasteiger partial charge >= 0.3 is 0 Å². The van der Waals surface area contributed by atoms with Crippen LogP contribution >= 0.6 is 0 Å². The summed E-state index contributed by atoms with van der Waals surface area (Å²) >= 11 is 0. The molecule has 0 bridgehead atoms. The molecule has 20 heavy (non-hydrogen) atoms. The Bertz CT molecular complexity index is 536. The van der Waals surface area contributed by atoms with Gasteiger partial charge in [0, 0.05) is 32.2 Å². The summed E-state index contributed by atoms with van der Waals surface area (Å²) in [5.41, 5.74) is 7.85. The lowest BCUT2D eigenvalue weighted by molar-refractivity contribution is 0.388. The number of nitrogens with two attached hydrogens (primary N) is 1. The van der Waals surface area contributed by atoms with E-state index in [4.69, 9.17) is 5.73 Å². The van der Waals surface area contributed by atoms with Crippen molar-refractivity contribution < 1.29 is 8.42 Å². The molecule has 2 N–H and O–H groups in total. The number of aromatic nitrogens is 1. The second kappa shape index (κ2) is 6.07. The van der Waals surface area contributed by atoms with Crippen molar-refractivity contribution in [2.75, 3.05) is 37.3 Å². The van der Waals surface area contributed by atoms with Crippen LogP contribution in [-0.2, 0) is 10.0 Å². The van der Waals surface area contributed by atoms with Crippen LogP contribution in [0.5, 0.6) is 0 Å². The first-order chi connectivity index (χ1) is 9.41. The van der Waals surface area contributed by atoms with Gasteiger partial charge in [0.05, 0.1) is 23.8 Å². The van der Waals surface area contributed by atoms with Crippen LogP contribution in [0.1, 0.15) is 25.1 Å². The van der Waals surface area contributed by atoms with Crippen molar-refractivity contribution in [3.05, 3.63) is 24.0 Å². The Balaban J connectivity index is 2.00. The molecule has 1 aliphatic rings. The van der Waals surface area contributed by atoms with Crippen molar-refractivity contribution in [3.8, 4) is 0 Å². The number of hydrogen-bond donors (Lipinski definition) is 1. The average Bonchev–Trinajstić information content (AvgIpc) is 2.46. The quantitative estimate of drug-likeness (QED) is 0.879. The van der Waals surface area contributed by atoms with E-state index in [9.17, 15) is 8.42 Å². The first-order valence-electron chi connectivity index (χ1n) is 6.83. The maximum absolute atomic E-state index is 11.5. The standard InChI is InChI=1S/C13H22N4O2S/c1-3-12(14)13-5-4-11(10-15-13)16-6-8-17(9-7-16)20(2,18)19/h4-5,10,12H,3,6-9,14H2,1-2H3/t12-/m1/s1. The lowest BCUT2D eigenvalue weighted by Crippen LogP contribution is -2.48. The van der Waals surface area contributed by atoms with Gasteiger partial charge in [0.25, 0.3) is 0 Å². The number of pyridine rings is 1. The third-order valence-corrected chi connectivity index (χ3v) is 4.97. The van der Waals surface area contributed by atoms with Gasteiger partial charge in [-0.25, -0.2) is 8.42 Å². The maximum atomic E-state index is 11.5. The van der Waals surface area contributed by atoms with Crippen LogP contribution in [0.4, 0.5) is 5.69 Å². The summed E-state index contributed by atoms with van der Waals surface area (Å²) in [5.74, 6) is 0. The SMILES string of the molecule is CC[C@@H](N)c1ccc(N2CCN(S(C)(=O)=O)CC2)cn1. The summed E-state index contributed by atoms with van der Waals surface area (Å²) in [5, 5.41) is 0. The monoisotopic (exact) mass is 298 g/mol. The fraction of sp³-hybridized carbons (Fsp3) is 0.615. The highest BCUT2D eigenvalue weighted by atomic mass is 32.2. The van der Waals surface area contributed by atoms with Crippen molar-refractivity contribution in [1.29, 1.82) is 0 Å². The summed E-state index contributed by atoms with van der Waals surface area (Å²) in [7, 11) is -3.08. The predicted octanol–water partition coefficient (Wildman–Crippen LogP) is 0.573. The Kier molecular flexibility index (Phi) is 4.62. The van der Waals surface area contributed by atoms with Crippen molar-refractivity contribution >= 4 is 15.7 Å². The molecule has 1 atom stereocenters. The Hall–Kier alpha value is -1.18. The lowest BCUT2D eigenvalue weighted by Gasteiger charge is -2.34. The van der Waals surface area contributed by atoms with Crippen LogP contribution in [0.2, 0.25) is 0 Å². The van der Waals surface area contributed by atoms with E-state index >= 15 is 0 Å². The third kappa shape index (κ3) is 3.47. The fourth-order valence-corrected chi connectivity index (χ4v) is 3.12. The van der Waals surface area contributed by atoms with Crippen LogP contribution in [0.15, 0.2) is 18.3 Å². The van der Waals surface area contributed by atoms with Gasteiger partial charge in [-0.1, -0.05) is 6.92 Å². The minimum atomic E-state index is -3.08. The molecule has 1 saturated heterocycles. The van der Waals surface area contributed by atoms with Crippen LogP contribution in [-0.4, -0.2) is 50.1 Å². The maximum Gasteiger partial charge on any atom is 0.211 e. The molecule has 0 radical (unpaired) electrons. The first kappa shape index (κ1) is 15.2. The summed E-state index contributed by atoms with van der Waals surface area (Å²) < 4.78 is 24.4. The molecular weight excluding hydrogens is 276 g/mol. The lowest BCUT2D eigenvalue weighted by atomic mass is 10.1. The van der Waals surface area contributed by atoms with Gasteiger partial charge in [0.15, 0.2) is 0 Å². The molecule has 2 rings (SSSR count). The molecule has 1 fully saturated rings. The van der Waals surface area contributed by atoms with Crippen LogP contribution in [0.25, 0.3) is 0 Å². The minimum Gasteiger partial charge on any atom is -0.368 e. The molecule has 0 aromatic carbocycles. The molecule has 0 saturated carbocycles. The molecular formula is C13H22N4O2S. The van der Waals surface area contributed by atoms with Crippen molar-refractivity contribution in [2.45, 2.75) is 19.4 Å². The van der Waals surface area contributed by atoms with Gasteiger partial charge in [-0.3, -0.25) is 4.98 Å². The second-order valence-electron chi connectivity index (χ2n) is 5.11. The smallest absolute Gasteiger partial charge is 0.211 e. The summed E-state index contributed by atoms with van der Waals surface area (Å²) in [6, 6.07) is 3.94. The topological polar surface area (TPSA) is 79.5 Å². The molecule has 1 aromatic rings. The van der Waals surface area contributed by atoms with Crippen molar-refractivity contribution in [1.82, 2.24) is 9.29 Å². The van der Waals surface area contributed by atoms with Crippen molar-refractivity contribution in [2.24, 2.45) is 5.73 Å². The van der Waals surface area contributed by atoms with Gasteiger partial charge in [-0.2, -0.15) is 4.31 Å². The minimum absolute atomic E-state index is 0.0221. The average molecular weight is 298 g/mol. The van der Waals surface area contributed by atoms with Crippen molar-refractivity contribution in [3.63, 3.8) is 0 Å². The molecule has 112 valence electrons. The zero-order valence-corrected chi connectivity index (χ0v) is 12.8. The zero-order chi connectivity index (χ0) is 14.8. The highest BCUT2D eigenvalue weighted by Crippen LogP contribution is 2.19. The summed E-state index contributed by atoms with van der Waals surface area (Å²) in [4.78, 5) is 6.54. The zero-order valence-electron chi connectivity index (χ0n) is 12.0. The second-order valence-corrected chi connectivity index (χ2v) is 7.09. The summed E-state index contributed by atoms with van der Waals surface area (Å²) in [6.07, 6.45) is 3.94. The van der Waals surface area contributed by atoms with Gasteiger partial charge in [0.2, 0.25) is 10.0 Å². The highest BCUT2D eigenvalue weighted by Gasteiger charge is 2.23. The van der Waals surface area contributed by atoms with E-state index < -0.39 is 10.0 Å². The van der Waals surface area contributed by atoms with Gasteiger partial charge in [-0.15, -0.1) is 0 Å². The predicted molar refractivity (Wildman–Crippen MR) is 80.1 cm³/mol. The molecule has 0 unspecified atom stereocenters. The molecule has 7 heteroatoms. The van der Waals surface area contributed by atoms with E-state index in [0.29, 0.717) is 26.2 Å². The Labute approximate surface area is 120 Å². The first-order valence-corrected chi connectivity index (χ1v) is 8.68. The number of piperazine rings is 1. The normalized spacial score (nSPS) is 19.1. The van der Waals surface area contributed by atoms with E-state index in [1.165, 1.54) is 10.6 Å². The van der Waals surface area contributed by atoms with E-state index in [2.05, 4.69) is 9.88 Å².